The summed E-state index contributed by atoms with van der Waals surface area (Å²) in [5, 5.41) is 5.17. The smallest absolute Gasteiger partial charge is 0.418 e. The Kier molecular flexibility index (Phi) is 6.35. The summed E-state index contributed by atoms with van der Waals surface area (Å²) in [6, 6.07) is 10.5. The molecule has 0 radical (unpaired) electrons. The minimum absolute atomic E-state index is 0.0383. The Morgan fingerprint density at radius 2 is 1.89 bits per heavy atom. The molecule has 37 heavy (non-hydrogen) atoms. The number of aryl methyl sites for hydroxylation is 1. The van der Waals surface area contributed by atoms with Gasteiger partial charge in [-0.05, 0) is 61.1 Å². The van der Waals surface area contributed by atoms with Crippen LogP contribution in [0.2, 0.25) is 0 Å². The second-order valence-electron chi connectivity index (χ2n) is 9.67. The van der Waals surface area contributed by atoms with E-state index in [-0.39, 0.29) is 36.3 Å². The molecule has 5 rings (SSSR count). The topological polar surface area (TPSA) is 108 Å². The number of halogens is 1. The van der Waals surface area contributed by atoms with E-state index in [9.17, 15) is 23.6 Å². The maximum absolute atomic E-state index is 13.6. The summed E-state index contributed by atoms with van der Waals surface area (Å²) in [7, 11) is 1.51. The molecule has 2 aromatic rings. The van der Waals surface area contributed by atoms with Gasteiger partial charge in [0.15, 0.2) is 0 Å². The fraction of sp³-hybridized carbons (Fsp3) is 0.407. The lowest BCUT2D eigenvalue weighted by Gasteiger charge is -2.31. The summed E-state index contributed by atoms with van der Waals surface area (Å²) < 4.78 is 19.1. The maximum atomic E-state index is 13.6. The molecule has 2 aromatic carbocycles. The van der Waals surface area contributed by atoms with E-state index < -0.39 is 24.1 Å². The van der Waals surface area contributed by atoms with Crippen LogP contribution < -0.4 is 10.6 Å². The first-order chi connectivity index (χ1) is 17.8. The zero-order valence-electron chi connectivity index (χ0n) is 20.8. The lowest BCUT2D eigenvalue weighted by molar-refractivity contribution is -0.143. The van der Waals surface area contributed by atoms with E-state index >= 15 is 0 Å². The molecule has 5 amide bonds. The summed E-state index contributed by atoms with van der Waals surface area (Å²) in [4.78, 5) is 54.3. The van der Waals surface area contributed by atoms with E-state index in [1.807, 2.05) is 6.92 Å². The number of fused-ring (bicyclic) bond motifs is 2. The number of imide groups is 1. The van der Waals surface area contributed by atoms with Crippen molar-refractivity contribution >= 4 is 29.6 Å². The standard InChI is InChI=1S/C27H29FN4O5/c1-3-20-9-11-22(16-4-6-18(28)7-5-16)32(20)23(33)15-31-24(34)27(37-26(31)36)13-12-17-14-19(8-10-21(17)27)30-25(35)29-2/h4-8,10,14,20,22H,3,9,11-13,15H2,1-2H3,(H2,29,30,35)/t20-,22+,27?/m1/s1. The molecule has 3 atom stereocenters. The predicted molar refractivity (Wildman–Crippen MR) is 132 cm³/mol. The molecule has 0 saturated carbocycles. The Labute approximate surface area is 213 Å². The molecule has 2 saturated heterocycles. The third kappa shape index (κ3) is 4.20. The van der Waals surface area contributed by atoms with Gasteiger partial charge in [0.1, 0.15) is 12.4 Å². The third-order valence-corrected chi connectivity index (χ3v) is 7.65. The van der Waals surface area contributed by atoms with Crippen molar-refractivity contribution in [1.29, 1.82) is 0 Å². The number of anilines is 1. The predicted octanol–water partition coefficient (Wildman–Crippen LogP) is 3.84. The maximum Gasteiger partial charge on any atom is 0.418 e. The van der Waals surface area contributed by atoms with Crippen molar-refractivity contribution in [3.8, 4) is 0 Å². The number of nitrogens with one attached hydrogen (secondary N) is 2. The average Bonchev–Trinajstić information content (AvgIpc) is 3.55. The fourth-order valence-corrected chi connectivity index (χ4v) is 5.81. The van der Waals surface area contributed by atoms with Crippen LogP contribution in [0.1, 0.15) is 55.3 Å². The van der Waals surface area contributed by atoms with Crippen LogP contribution >= 0.6 is 0 Å². The van der Waals surface area contributed by atoms with Gasteiger partial charge in [-0.15, -0.1) is 0 Å². The first-order valence-electron chi connectivity index (χ1n) is 12.5. The molecule has 2 aliphatic heterocycles. The molecule has 1 aliphatic carbocycles. The number of carbonyl (C=O) groups excluding carboxylic acids is 4. The number of rotatable bonds is 5. The second-order valence-corrected chi connectivity index (χ2v) is 9.67. The number of ether oxygens (including phenoxy) is 1. The van der Waals surface area contributed by atoms with E-state index in [1.54, 1.807) is 35.2 Å². The van der Waals surface area contributed by atoms with Gasteiger partial charge in [-0.25, -0.2) is 18.9 Å². The Balaban J connectivity index is 1.36. The molecule has 3 aliphatic rings. The number of amides is 5. The van der Waals surface area contributed by atoms with Gasteiger partial charge < -0.3 is 20.3 Å². The van der Waals surface area contributed by atoms with E-state index in [4.69, 9.17) is 4.74 Å². The van der Waals surface area contributed by atoms with Crippen molar-refractivity contribution in [3.63, 3.8) is 0 Å². The molecule has 10 heteroatoms. The second kappa shape index (κ2) is 9.49. The lowest BCUT2D eigenvalue weighted by Crippen LogP contribution is -2.46. The van der Waals surface area contributed by atoms with Gasteiger partial charge in [0.2, 0.25) is 11.5 Å². The number of urea groups is 1. The van der Waals surface area contributed by atoms with Crippen LogP contribution in [-0.4, -0.2) is 53.4 Å². The normalized spacial score (nSPS) is 24.4. The van der Waals surface area contributed by atoms with Gasteiger partial charge in [-0.2, -0.15) is 0 Å². The average molecular weight is 509 g/mol. The number of benzene rings is 2. The number of hydrogen-bond donors (Lipinski definition) is 2. The highest BCUT2D eigenvalue weighted by Crippen LogP contribution is 2.46. The van der Waals surface area contributed by atoms with Crippen LogP contribution in [0.25, 0.3) is 0 Å². The molecule has 2 N–H and O–H groups in total. The largest absolute Gasteiger partial charge is 0.427 e. The van der Waals surface area contributed by atoms with Crippen molar-refractivity contribution in [2.75, 3.05) is 18.9 Å². The van der Waals surface area contributed by atoms with Crippen LogP contribution in [0.3, 0.4) is 0 Å². The Bertz CT molecular complexity index is 1270. The Hall–Kier alpha value is -3.95. The molecular weight excluding hydrogens is 479 g/mol. The van der Waals surface area contributed by atoms with Gasteiger partial charge >= 0.3 is 12.1 Å². The van der Waals surface area contributed by atoms with E-state index in [1.165, 1.54) is 19.2 Å². The first-order valence-corrected chi connectivity index (χ1v) is 12.5. The molecule has 2 heterocycles. The van der Waals surface area contributed by atoms with Crippen LogP contribution in [0.4, 0.5) is 19.7 Å². The van der Waals surface area contributed by atoms with Crippen molar-refractivity contribution in [3.05, 3.63) is 65.0 Å². The van der Waals surface area contributed by atoms with Crippen molar-refractivity contribution < 1.29 is 28.3 Å². The zero-order valence-corrected chi connectivity index (χ0v) is 20.8. The SMILES string of the molecule is CC[C@@H]1CC[C@@H](c2ccc(F)cc2)N1C(=O)CN1C(=O)OC2(CCc3cc(NC(=O)NC)ccc32)C1=O. The summed E-state index contributed by atoms with van der Waals surface area (Å²) in [5.74, 6) is -1.25. The molecular formula is C27H29FN4O5. The highest BCUT2D eigenvalue weighted by Gasteiger charge is 2.58. The van der Waals surface area contributed by atoms with Crippen molar-refractivity contribution in [2.24, 2.45) is 0 Å². The quantitative estimate of drug-likeness (QED) is 0.638. The summed E-state index contributed by atoms with van der Waals surface area (Å²) in [5.41, 5.74) is 1.28. The summed E-state index contributed by atoms with van der Waals surface area (Å²) in [6.07, 6.45) is 2.14. The van der Waals surface area contributed by atoms with E-state index in [2.05, 4.69) is 10.6 Å². The van der Waals surface area contributed by atoms with Gasteiger partial charge in [-0.3, -0.25) is 9.59 Å². The monoisotopic (exact) mass is 508 g/mol. The number of likely N-dealkylation sites (tertiary alicyclic amines) is 1. The molecule has 0 aromatic heterocycles. The van der Waals surface area contributed by atoms with Crippen molar-refractivity contribution in [1.82, 2.24) is 15.1 Å². The molecule has 1 spiro atoms. The Morgan fingerprint density at radius 1 is 1.14 bits per heavy atom. The van der Waals surface area contributed by atoms with E-state index in [0.717, 1.165) is 35.3 Å². The minimum atomic E-state index is -1.47. The van der Waals surface area contributed by atoms with Crippen LogP contribution in [-0.2, 0) is 26.3 Å². The highest BCUT2D eigenvalue weighted by molar-refractivity contribution is 6.06. The minimum Gasteiger partial charge on any atom is -0.427 e. The van der Waals surface area contributed by atoms with E-state index in [0.29, 0.717) is 17.7 Å². The third-order valence-electron chi connectivity index (χ3n) is 7.65. The van der Waals surface area contributed by atoms with Crippen LogP contribution in [0.15, 0.2) is 42.5 Å². The Morgan fingerprint density at radius 3 is 2.59 bits per heavy atom. The molecule has 2 fully saturated rings. The summed E-state index contributed by atoms with van der Waals surface area (Å²) in [6.45, 7) is 1.57. The van der Waals surface area contributed by atoms with Gasteiger partial charge in [0.05, 0.1) is 6.04 Å². The molecule has 194 valence electrons. The summed E-state index contributed by atoms with van der Waals surface area (Å²) >= 11 is 0. The number of nitrogens with zero attached hydrogens (tertiary/aromatic N) is 2. The fourth-order valence-electron chi connectivity index (χ4n) is 5.81. The zero-order chi connectivity index (χ0) is 26.3. The molecule has 1 unspecified atom stereocenters. The lowest BCUT2D eigenvalue weighted by atomic mass is 9.94. The first kappa shape index (κ1) is 24.7. The highest BCUT2D eigenvalue weighted by atomic mass is 19.1. The van der Waals surface area contributed by atoms with Crippen molar-refractivity contribution in [2.45, 2.75) is 56.7 Å². The molecule has 9 nitrogen and oxygen atoms in total. The van der Waals surface area contributed by atoms with Gasteiger partial charge in [0.25, 0.3) is 5.91 Å². The van der Waals surface area contributed by atoms with Crippen LogP contribution in [0, 0.1) is 5.82 Å². The number of hydrogen-bond acceptors (Lipinski definition) is 5. The molecule has 0 bridgehead atoms. The number of carbonyl (C=O) groups is 4. The van der Waals surface area contributed by atoms with Gasteiger partial charge in [0, 0.05) is 30.8 Å². The van der Waals surface area contributed by atoms with Gasteiger partial charge in [-0.1, -0.05) is 25.1 Å². The van der Waals surface area contributed by atoms with Crippen LogP contribution in [0.5, 0.6) is 0 Å².